The van der Waals surface area contributed by atoms with E-state index >= 15 is 0 Å². The number of benzene rings is 2. The molecule has 1 saturated heterocycles. The van der Waals surface area contributed by atoms with Gasteiger partial charge in [-0.15, -0.1) is 0 Å². The van der Waals surface area contributed by atoms with Gasteiger partial charge in [0, 0.05) is 29.9 Å². The first kappa shape index (κ1) is 17.3. The van der Waals surface area contributed by atoms with Crippen LogP contribution >= 0.6 is 0 Å². The molecule has 2 aromatic rings. The van der Waals surface area contributed by atoms with Crippen LogP contribution in [-0.2, 0) is 0 Å². The van der Waals surface area contributed by atoms with Gasteiger partial charge in [0.25, 0.3) is 5.69 Å². The average Bonchev–Trinajstić information content (AvgIpc) is 2.94. The van der Waals surface area contributed by atoms with E-state index in [0.29, 0.717) is 5.70 Å². The molecular weight excluding hydrogens is 328 g/mol. The number of nitrogens with zero attached hydrogens (tertiary/aromatic N) is 2. The second-order valence-corrected chi connectivity index (χ2v) is 6.00. The lowest BCUT2D eigenvalue weighted by molar-refractivity contribution is -0.384. The van der Waals surface area contributed by atoms with E-state index in [1.165, 1.54) is 17.7 Å². The minimum atomic E-state index is -0.421. The van der Waals surface area contributed by atoms with Crippen LogP contribution in [0.1, 0.15) is 18.5 Å². The van der Waals surface area contributed by atoms with Crippen LogP contribution in [0.3, 0.4) is 0 Å². The van der Waals surface area contributed by atoms with Crippen LogP contribution in [0, 0.1) is 10.1 Å². The molecule has 0 saturated carbocycles. The lowest BCUT2D eigenvalue weighted by atomic mass is 10.1. The molecule has 1 heterocycles. The summed E-state index contributed by atoms with van der Waals surface area (Å²) in [6, 6.07) is 16.5. The molecule has 6 nitrogen and oxygen atoms in total. The van der Waals surface area contributed by atoms with Gasteiger partial charge in [0.2, 0.25) is 0 Å². The second kappa shape index (κ2) is 7.14. The van der Waals surface area contributed by atoms with E-state index in [2.05, 4.69) is 43.0 Å². The van der Waals surface area contributed by atoms with Crippen molar-refractivity contribution in [3.8, 4) is 0 Å². The number of nitrogens with one attached hydrogen (secondary N) is 2. The van der Waals surface area contributed by atoms with Crippen molar-refractivity contribution in [1.29, 1.82) is 0 Å². The monoisotopic (exact) mass is 348 g/mol. The zero-order chi connectivity index (χ0) is 18.7. The lowest BCUT2D eigenvalue weighted by Crippen LogP contribution is -2.27. The predicted molar refractivity (Wildman–Crippen MR) is 103 cm³/mol. The van der Waals surface area contributed by atoms with Crippen molar-refractivity contribution in [1.82, 2.24) is 10.7 Å². The summed E-state index contributed by atoms with van der Waals surface area (Å²) in [5.41, 5.74) is 7.40. The first-order chi connectivity index (χ1) is 12.5. The van der Waals surface area contributed by atoms with Crippen molar-refractivity contribution in [2.45, 2.75) is 13.0 Å². The minimum Gasteiger partial charge on any atom is -0.384 e. The van der Waals surface area contributed by atoms with Gasteiger partial charge in [-0.05, 0) is 24.6 Å². The van der Waals surface area contributed by atoms with E-state index in [0.717, 1.165) is 17.0 Å². The van der Waals surface area contributed by atoms with Crippen molar-refractivity contribution in [3.05, 3.63) is 107 Å². The predicted octanol–water partition coefficient (Wildman–Crippen LogP) is 4.18. The second-order valence-electron chi connectivity index (χ2n) is 6.00. The van der Waals surface area contributed by atoms with Gasteiger partial charge in [0.15, 0.2) is 0 Å². The van der Waals surface area contributed by atoms with Crippen LogP contribution in [0.4, 0.5) is 11.4 Å². The van der Waals surface area contributed by atoms with E-state index in [1.807, 2.05) is 24.4 Å². The van der Waals surface area contributed by atoms with Gasteiger partial charge in [-0.1, -0.05) is 43.5 Å². The van der Waals surface area contributed by atoms with Crippen LogP contribution in [0.2, 0.25) is 0 Å². The smallest absolute Gasteiger partial charge is 0.269 e. The van der Waals surface area contributed by atoms with Crippen molar-refractivity contribution in [2.75, 3.05) is 5.01 Å². The Bertz CT molecular complexity index is 872. The van der Waals surface area contributed by atoms with E-state index < -0.39 is 4.92 Å². The van der Waals surface area contributed by atoms with Gasteiger partial charge in [0.1, 0.15) is 0 Å². The molecule has 0 radical (unpaired) electrons. The van der Waals surface area contributed by atoms with E-state index in [-0.39, 0.29) is 11.7 Å². The Kier molecular flexibility index (Phi) is 4.75. The summed E-state index contributed by atoms with van der Waals surface area (Å²) in [7, 11) is 0. The normalized spacial score (nSPS) is 16.5. The number of hydrogen-bond donors (Lipinski definition) is 2. The number of hydrogen-bond acceptors (Lipinski definition) is 5. The highest BCUT2D eigenvalue weighted by atomic mass is 16.6. The van der Waals surface area contributed by atoms with Gasteiger partial charge >= 0.3 is 0 Å². The molecule has 1 aliphatic heterocycles. The summed E-state index contributed by atoms with van der Waals surface area (Å²) in [6.45, 7) is 10.2. The fourth-order valence-corrected chi connectivity index (χ4v) is 2.72. The molecule has 3 rings (SSSR count). The SMILES string of the molecule is C=C1NN(c2ccc([N+](=O)[O-])cc2)C(=C)/C1=C/N[C@@H](C)c1ccccc1. The molecule has 0 unspecified atom stereocenters. The Hall–Kier alpha value is -3.54. The summed E-state index contributed by atoms with van der Waals surface area (Å²) in [4.78, 5) is 10.4. The van der Waals surface area contributed by atoms with E-state index in [4.69, 9.17) is 0 Å². The maximum Gasteiger partial charge on any atom is 0.269 e. The first-order valence-corrected chi connectivity index (χ1v) is 8.18. The Morgan fingerprint density at radius 1 is 1.15 bits per heavy atom. The fraction of sp³-hybridized carbons (Fsp3) is 0.100. The summed E-state index contributed by atoms with van der Waals surface area (Å²) < 4.78 is 0. The van der Waals surface area contributed by atoms with Crippen LogP contribution in [0.15, 0.2) is 90.9 Å². The van der Waals surface area contributed by atoms with Crippen LogP contribution in [0.5, 0.6) is 0 Å². The number of hydrazine groups is 1. The molecule has 2 N–H and O–H groups in total. The molecule has 1 fully saturated rings. The van der Waals surface area contributed by atoms with Gasteiger partial charge in [-0.3, -0.25) is 20.5 Å². The van der Waals surface area contributed by atoms with E-state index in [1.54, 1.807) is 17.1 Å². The van der Waals surface area contributed by atoms with E-state index in [9.17, 15) is 10.1 Å². The van der Waals surface area contributed by atoms with Crippen LogP contribution in [-0.4, -0.2) is 4.92 Å². The molecule has 2 aromatic carbocycles. The van der Waals surface area contributed by atoms with Gasteiger partial charge in [-0.2, -0.15) is 0 Å². The quantitative estimate of drug-likeness (QED) is 0.626. The van der Waals surface area contributed by atoms with Gasteiger partial charge in [0.05, 0.1) is 22.0 Å². The number of anilines is 1. The highest BCUT2D eigenvalue weighted by Gasteiger charge is 2.25. The molecule has 6 heteroatoms. The average molecular weight is 348 g/mol. The molecule has 0 bridgehead atoms. The lowest BCUT2D eigenvalue weighted by Gasteiger charge is -2.19. The number of nitro benzene ring substituents is 1. The van der Waals surface area contributed by atoms with Crippen molar-refractivity contribution >= 4 is 11.4 Å². The summed E-state index contributed by atoms with van der Waals surface area (Å²) in [5, 5.41) is 15.9. The molecule has 132 valence electrons. The fourth-order valence-electron chi connectivity index (χ4n) is 2.72. The topological polar surface area (TPSA) is 70.4 Å². The maximum absolute atomic E-state index is 10.8. The number of nitro groups is 1. The maximum atomic E-state index is 10.8. The Labute approximate surface area is 152 Å². The zero-order valence-corrected chi connectivity index (χ0v) is 14.5. The Morgan fingerprint density at radius 3 is 2.42 bits per heavy atom. The third kappa shape index (κ3) is 3.44. The zero-order valence-electron chi connectivity index (χ0n) is 14.5. The first-order valence-electron chi connectivity index (χ1n) is 8.18. The number of rotatable bonds is 5. The molecule has 26 heavy (non-hydrogen) atoms. The highest BCUT2D eigenvalue weighted by Crippen LogP contribution is 2.31. The molecule has 0 aliphatic carbocycles. The van der Waals surface area contributed by atoms with Crippen molar-refractivity contribution < 1.29 is 4.92 Å². The molecule has 1 atom stereocenters. The molecule has 0 amide bonds. The molecular formula is C20H20N4O2. The third-order valence-electron chi connectivity index (χ3n) is 4.25. The Morgan fingerprint density at radius 2 is 1.81 bits per heavy atom. The Balaban J connectivity index is 1.75. The van der Waals surface area contributed by atoms with Crippen molar-refractivity contribution in [3.63, 3.8) is 0 Å². The van der Waals surface area contributed by atoms with Gasteiger partial charge < -0.3 is 5.32 Å². The highest BCUT2D eigenvalue weighted by molar-refractivity contribution is 5.65. The third-order valence-corrected chi connectivity index (χ3v) is 4.25. The van der Waals surface area contributed by atoms with Crippen molar-refractivity contribution in [2.24, 2.45) is 0 Å². The summed E-state index contributed by atoms with van der Waals surface area (Å²) in [5.74, 6) is 0. The largest absolute Gasteiger partial charge is 0.384 e. The molecule has 0 aromatic heterocycles. The number of non-ortho nitro benzene ring substituents is 1. The minimum absolute atomic E-state index is 0.0477. The van der Waals surface area contributed by atoms with Gasteiger partial charge in [-0.25, -0.2) is 0 Å². The standard InChI is InChI=1S/C20H20N4O2/c1-14(17-7-5-4-6-8-17)21-13-20-15(2)22-23(16(20)3)18-9-11-19(12-10-18)24(25)26/h4-14,21-22H,2-3H2,1H3/b20-13+/t14-/m0/s1. The molecule has 1 aliphatic rings. The summed E-state index contributed by atoms with van der Waals surface area (Å²) >= 11 is 0. The van der Waals surface area contributed by atoms with Crippen LogP contribution < -0.4 is 15.8 Å². The summed E-state index contributed by atoms with van der Waals surface area (Å²) in [6.07, 6.45) is 1.89. The molecule has 0 spiro atoms. The van der Waals surface area contributed by atoms with Crippen LogP contribution in [0.25, 0.3) is 0 Å².